The van der Waals surface area contributed by atoms with Gasteiger partial charge in [-0.05, 0) is 27.7 Å². The van der Waals surface area contributed by atoms with Gasteiger partial charge in [-0.15, -0.1) is 0 Å². The van der Waals surface area contributed by atoms with Crippen LogP contribution in [0.1, 0.15) is 34.6 Å². The lowest BCUT2D eigenvalue weighted by Crippen LogP contribution is -2.50. The van der Waals surface area contributed by atoms with Gasteiger partial charge in [0, 0.05) is 12.7 Å². The van der Waals surface area contributed by atoms with Gasteiger partial charge in [0.05, 0.1) is 24.7 Å². The monoisotopic (exact) mass is 362 g/mol. The third-order valence-electron chi connectivity index (χ3n) is 3.05. The van der Waals surface area contributed by atoms with Gasteiger partial charge in [-0.3, -0.25) is 14.4 Å². The highest BCUT2D eigenvalue weighted by Gasteiger charge is 2.32. The molecule has 0 radical (unpaired) electrons. The molecule has 2 atom stereocenters. The first-order valence-corrected chi connectivity index (χ1v) is 8.55. The number of rotatable bonds is 9. The Morgan fingerprint density at radius 1 is 1.21 bits per heavy atom. The van der Waals surface area contributed by atoms with E-state index in [2.05, 4.69) is 10.6 Å². The number of carbonyl (C=O) groups excluding carboxylic acids is 4. The van der Waals surface area contributed by atoms with Crippen molar-refractivity contribution in [2.24, 2.45) is 5.41 Å². The highest BCUT2D eigenvalue weighted by atomic mass is 32.2. The van der Waals surface area contributed by atoms with E-state index in [4.69, 9.17) is 4.74 Å². The van der Waals surface area contributed by atoms with Gasteiger partial charge in [0.1, 0.15) is 6.04 Å². The van der Waals surface area contributed by atoms with Crippen molar-refractivity contribution in [1.82, 2.24) is 10.6 Å². The molecular weight excluding hydrogens is 336 g/mol. The van der Waals surface area contributed by atoms with E-state index in [1.165, 1.54) is 27.7 Å². The summed E-state index contributed by atoms with van der Waals surface area (Å²) in [6, 6.07) is -1.73. The van der Waals surface area contributed by atoms with Crippen LogP contribution in [0.5, 0.6) is 0 Å². The number of ether oxygens (including phenoxy) is 1. The molecule has 0 aliphatic heterocycles. The van der Waals surface area contributed by atoms with Gasteiger partial charge in [0.2, 0.25) is 16.9 Å². The van der Waals surface area contributed by atoms with Crippen molar-refractivity contribution in [3.05, 3.63) is 0 Å². The topological polar surface area (TPSA) is 122 Å². The average molecular weight is 362 g/mol. The Bertz CT molecular complexity index is 481. The zero-order valence-corrected chi connectivity index (χ0v) is 15.5. The number of nitrogens with one attached hydrogen (secondary N) is 2. The number of hydrogen-bond donors (Lipinski definition) is 3. The molecular formula is C15H26N2O6S. The zero-order valence-electron chi connectivity index (χ0n) is 14.7. The molecule has 0 spiro atoms. The molecule has 0 bridgehead atoms. The van der Waals surface area contributed by atoms with Gasteiger partial charge in [-0.1, -0.05) is 11.8 Å². The van der Waals surface area contributed by atoms with Crippen molar-refractivity contribution in [2.75, 3.05) is 19.0 Å². The molecule has 24 heavy (non-hydrogen) atoms. The molecule has 0 saturated heterocycles. The molecule has 9 heteroatoms. The molecule has 0 rings (SSSR count). The number of hydrogen-bond acceptors (Lipinski definition) is 7. The van der Waals surface area contributed by atoms with Gasteiger partial charge in [0.25, 0.3) is 0 Å². The fourth-order valence-corrected chi connectivity index (χ4v) is 2.35. The van der Waals surface area contributed by atoms with Crippen molar-refractivity contribution in [3.63, 3.8) is 0 Å². The number of amides is 2. The molecule has 0 fully saturated rings. The van der Waals surface area contributed by atoms with Gasteiger partial charge in [-0.2, -0.15) is 0 Å². The maximum atomic E-state index is 12.1. The van der Waals surface area contributed by atoms with E-state index in [-0.39, 0.29) is 30.0 Å². The molecule has 2 amide bonds. The standard InChI is InChI=1S/C15H26N2O6S/c1-6-23-12(20)11(17-14(22)15(4,5)8-18)7-24-13(21)9(2)16-10(3)19/h9,11,18H,6-8H2,1-5H3,(H,16,19)(H,17,22). The van der Waals surface area contributed by atoms with E-state index < -0.39 is 29.4 Å². The highest BCUT2D eigenvalue weighted by Crippen LogP contribution is 2.15. The fraction of sp³-hybridized carbons (Fsp3) is 0.733. The van der Waals surface area contributed by atoms with Crippen LogP contribution in [0.3, 0.4) is 0 Å². The molecule has 2 unspecified atom stereocenters. The average Bonchev–Trinajstić information content (AvgIpc) is 2.49. The molecule has 0 saturated carbocycles. The van der Waals surface area contributed by atoms with Crippen LogP contribution in [0.25, 0.3) is 0 Å². The van der Waals surface area contributed by atoms with Crippen LogP contribution in [-0.2, 0) is 23.9 Å². The van der Waals surface area contributed by atoms with Crippen LogP contribution < -0.4 is 10.6 Å². The third-order valence-corrected chi connectivity index (χ3v) is 4.19. The highest BCUT2D eigenvalue weighted by molar-refractivity contribution is 8.13. The Labute approximate surface area is 146 Å². The second kappa shape index (κ2) is 10.3. The quantitative estimate of drug-likeness (QED) is 0.487. The number of thioether (sulfide) groups is 1. The summed E-state index contributed by atoms with van der Waals surface area (Å²) in [5.41, 5.74) is -1.07. The van der Waals surface area contributed by atoms with Crippen molar-refractivity contribution in [1.29, 1.82) is 0 Å². The molecule has 8 nitrogen and oxygen atoms in total. The van der Waals surface area contributed by atoms with Crippen LogP contribution in [-0.4, -0.2) is 59.1 Å². The van der Waals surface area contributed by atoms with Crippen LogP contribution >= 0.6 is 11.8 Å². The summed E-state index contributed by atoms with van der Waals surface area (Å²) in [5, 5.41) is 13.8. The molecule has 0 aliphatic rings. The van der Waals surface area contributed by atoms with E-state index in [1.54, 1.807) is 6.92 Å². The second-order valence-electron chi connectivity index (χ2n) is 5.87. The lowest BCUT2D eigenvalue weighted by Gasteiger charge is -2.24. The molecule has 0 aromatic carbocycles. The third kappa shape index (κ3) is 7.78. The first-order chi connectivity index (χ1) is 11.0. The van der Waals surface area contributed by atoms with Crippen LogP contribution in [0.4, 0.5) is 0 Å². The molecule has 0 aromatic rings. The molecule has 3 N–H and O–H groups in total. The van der Waals surface area contributed by atoms with Gasteiger partial charge in [0.15, 0.2) is 0 Å². The van der Waals surface area contributed by atoms with Gasteiger partial charge < -0.3 is 20.5 Å². The van der Waals surface area contributed by atoms with E-state index >= 15 is 0 Å². The first-order valence-electron chi connectivity index (χ1n) is 7.57. The summed E-state index contributed by atoms with van der Waals surface area (Å²) in [4.78, 5) is 47.0. The van der Waals surface area contributed by atoms with Crippen molar-refractivity contribution in [2.45, 2.75) is 46.7 Å². The minimum Gasteiger partial charge on any atom is -0.464 e. The van der Waals surface area contributed by atoms with Crippen LogP contribution in [0.2, 0.25) is 0 Å². The molecule has 0 heterocycles. The SMILES string of the molecule is CCOC(=O)C(CSC(=O)C(C)NC(C)=O)NC(=O)C(C)(C)CO. The first kappa shape index (κ1) is 22.4. The Morgan fingerprint density at radius 3 is 2.25 bits per heavy atom. The lowest BCUT2D eigenvalue weighted by atomic mass is 9.93. The fourth-order valence-electron chi connectivity index (χ4n) is 1.49. The number of esters is 1. The maximum absolute atomic E-state index is 12.1. The van der Waals surface area contributed by atoms with Crippen LogP contribution in [0.15, 0.2) is 0 Å². The van der Waals surface area contributed by atoms with E-state index in [0.29, 0.717) is 0 Å². The Balaban J connectivity index is 4.85. The summed E-state index contributed by atoms with van der Waals surface area (Å²) in [6.45, 7) is 7.27. The summed E-state index contributed by atoms with van der Waals surface area (Å²) >= 11 is 0.817. The van der Waals surface area contributed by atoms with Crippen molar-refractivity contribution < 1.29 is 29.0 Å². The lowest BCUT2D eigenvalue weighted by molar-refractivity contribution is -0.148. The Kier molecular flexibility index (Phi) is 9.60. The number of aliphatic hydroxyl groups excluding tert-OH is 1. The normalized spacial score (nSPS) is 13.6. The Hall–Kier alpha value is -1.61. The van der Waals surface area contributed by atoms with Gasteiger partial charge in [-0.25, -0.2) is 4.79 Å². The molecule has 138 valence electrons. The number of aliphatic hydroxyl groups is 1. The van der Waals surface area contributed by atoms with Crippen LogP contribution in [0, 0.1) is 5.41 Å². The summed E-state index contributed by atoms with van der Waals surface area (Å²) < 4.78 is 4.90. The molecule has 0 aromatic heterocycles. The van der Waals surface area contributed by atoms with E-state index in [0.717, 1.165) is 11.8 Å². The predicted molar refractivity (Wildman–Crippen MR) is 90.2 cm³/mol. The minimum absolute atomic E-state index is 0.0329. The number of carbonyl (C=O) groups is 4. The minimum atomic E-state index is -1.07. The summed E-state index contributed by atoms with van der Waals surface area (Å²) in [5.74, 6) is -1.55. The van der Waals surface area contributed by atoms with E-state index in [1.807, 2.05) is 0 Å². The predicted octanol–water partition coefficient (Wildman–Crippen LogP) is -0.163. The zero-order chi connectivity index (χ0) is 18.9. The van der Waals surface area contributed by atoms with E-state index in [9.17, 15) is 24.3 Å². The Morgan fingerprint density at radius 2 is 1.79 bits per heavy atom. The van der Waals surface area contributed by atoms with Crippen molar-refractivity contribution in [3.8, 4) is 0 Å². The summed E-state index contributed by atoms with van der Waals surface area (Å²) in [7, 11) is 0. The smallest absolute Gasteiger partial charge is 0.329 e. The largest absolute Gasteiger partial charge is 0.464 e. The second-order valence-corrected chi connectivity index (χ2v) is 6.90. The van der Waals surface area contributed by atoms with Gasteiger partial charge >= 0.3 is 5.97 Å². The van der Waals surface area contributed by atoms with Crippen molar-refractivity contribution >= 4 is 34.7 Å². The molecule has 0 aliphatic carbocycles. The summed E-state index contributed by atoms with van der Waals surface area (Å²) in [6.07, 6.45) is 0. The maximum Gasteiger partial charge on any atom is 0.329 e.